The molecule has 1 heterocycles. The summed E-state index contributed by atoms with van der Waals surface area (Å²) in [6.45, 7) is 1.74. The molecule has 0 bridgehead atoms. The number of hydrogen-bond donors (Lipinski definition) is 1. The predicted molar refractivity (Wildman–Crippen MR) is 63.7 cm³/mol. The molecule has 96 valence electrons. The van der Waals surface area contributed by atoms with Crippen LogP contribution in [0.3, 0.4) is 0 Å². The van der Waals surface area contributed by atoms with Crippen LogP contribution in [-0.2, 0) is 26.1 Å². The number of hydrogen-bond acceptors (Lipinski definition) is 5. The van der Waals surface area contributed by atoms with Crippen molar-refractivity contribution in [3.05, 3.63) is 17.0 Å². The molecule has 0 saturated heterocycles. The molecule has 7 heteroatoms. The normalized spacial score (nSPS) is 11.4. The topological polar surface area (TPSA) is 80.7 Å². The van der Waals surface area contributed by atoms with E-state index in [1.165, 1.54) is 13.0 Å². The van der Waals surface area contributed by atoms with Gasteiger partial charge in [-0.1, -0.05) is 0 Å². The number of aryl methyl sites for hydroxylation is 1. The Morgan fingerprint density at radius 3 is 2.65 bits per heavy atom. The van der Waals surface area contributed by atoms with Gasteiger partial charge in [0.25, 0.3) is 0 Å². The molecule has 0 spiro atoms. The van der Waals surface area contributed by atoms with Crippen LogP contribution in [0.4, 0.5) is 0 Å². The number of ether oxygens (including phenoxy) is 1. The lowest BCUT2D eigenvalue weighted by Crippen LogP contribution is -2.00. The third-order valence-corrected chi connectivity index (χ3v) is 4.48. The van der Waals surface area contributed by atoms with Gasteiger partial charge in [-0.15, -0.1) is 11.3 Å². The first-order chi connectivity index (χ1) is 7.89. The van der Waals surface area contributed by atoms with E-state index in [1.54, 1.807) is 6.07 Å². The average molecular weight is 278 g/mol. The van der Waals surface area contributed by atoms with Crippen molar-refractivity contribution in [2.45, 2.75) is 30.4 Å². The zero-order valence-corrected chi connectivity index (χ0v) is 11.0. The van der Waals surface area contributed by atoms with E-state index in [-0.39, 0.29) is 10.2 Å². The fourth-order valence-corrected chi connectivity index (χ4v) is 3.01. The molecule has 0 amide bonds. The molecule has 1 aromatic rings. The van der Waals surface area contributed by atoms with E-state index in [4.69, 9.17) is 9.29 Å². The Morgan fingerprint density at radius 2 is 2.12 bits per heavy atom. The van der Waals surface area contributed by atoms with Crippen LogP contribution >= 0.6 is 11.3 Å². The molecule has 0 saturated carbocycles. The first-order valence-electron chi connectivity index (χ1n) is 5.09. The van der Waals surface area contributed by atoms with E-state index in [0.29, 0.717) is 13.0 Å². The number of esters is 1. The van der Waals surface area contributed by atoms with Gasteiger partial charge < -0.3 is 4.74 Å². The molecule has 0 unspecified atom stereocenters. The van der Waals surface area contributed by atoms with Crippen molar-refractivity contribution in [1.29, 1.82) is 0 Å². The summed E-state index contributed by atoms with van der Waals surface area (Å²) < 4.78 is 35.1. The fourth-order valence-electron chi connectivity index (χ4n) is 1.25. The van der Waals surface area contributed by atoms with Gasteiger partial charge in [-0.2, -0.15) is 8.42 Å². The van der Waals surface area contributed by atoms with Crippen molar-refractivity contribution >= 4 is 27.4 Å². The van der Waals surface area contributed by atoms with Crippen LogP contribution in [0.15, 0.2) is 16.3 Å². The van der Waals surface area contributed by atoms with Crippen LogP contribution in [-0.4, -0.2) is 25.5 Å². The first-order valence-corrected chi connectivity index (χ1v) is 7.35. The molecule has 0 aliphatic heterocycles. The molecular weight excluding hydrogens is 264 g/mol. The second-order valence-electron chi connectivity index (χ2n) is 3.49. The van der Waals surface area contributed by atoms with Crippen molar-refractivity contribution in [3.8, 4) is 0 Å². The van der Waals surface area contributed by atoms with E-state index in [2.05, 4.69) is 0 Å². The number of carbonyl (C=O) groups is 1. The second kappa shape index (κ2) is 6.13. The molecule has 1 rings (SSSR count). The number of unbranched alkanes of at least 4 members (excludes halogenated alkanes) is 1. The summed E-state index contributed by atoms with van der Waals surface area (Å²) in [6.07, 6.45) is 2.25. The highest BCUT2D eigenvalue weighted by atomic mass is 32.3. The van der Waals surface area contributed by atoms with E-state index < -0.39 is 10.1 Å². The smallest absolute Gasteiger partial charge is 0.304 e. The molecule has 0 fully saturated rings. The quantitative estimate of drug-likeness (QED) is 0.488. The summed E-state index contributed by atoms with van der Waals surface area (Å²) in [6, 6.07) is 3.07. The van der Waals surface area contributed by atoms with Gasteiger partial charge in [0.05, 0.1) is 6.61 Å². The highest BCUT2D eigenvalue weighted by Crippen LogP contribution is 2.22. The second-order valence-corrected chi connectivity index (χ2v) is 6.31. The largest absolute Gasteiger partial charge is 0.466 e. The Kier molecular flexibility index (Phi) is 5.10. The molecule has 0 aromatic carbocycles. The molecule has 17 heavy (non-hydrogen) atoms. The standard InChI is InChI=1S/C10H14O5S2/c1-8(11)15-7-3-2-4-9-5-6-10(16-9)17(12,13)14/h5-6H,2-4,7H2,1H3,(H,12,13,14). The molecule has 0 radical (unpaired) electrons. The lowest BCUT2D eigenvalue weighted by Gasteiger charge is -2.00. The highest BCUT2D eigenvalue weighted by Gasteiger charge is 2.12. The maximum Gasteiger partial charge on any atom is 0.304 e. The third kappa shape index (κ3) is 5.29. The third-order valence-electron chi connectivity index (χ3n) is 2.01. The van der Waals surface area contributed by atoms with Gasteiger partial charge in [0.2, 0.25) is 0 Å². The van der Waals surface area contributed by atoms with Gasteiger partial charge in [-0.25, -0.2) is 0 Å². The molecule has 1 aromatic heterocycles. The van der Waals surface area contributed by atoms with Crippen LogP contribution in [0.25, 0.3) is 0 Å². The number of thiophene rings is 1. The average Bonchev–Trinajstić information content (AvgIpc) is 2.64. The molecule has 0 aliphatic rings. The number of rotatable bonds is 6. The minimum absolute atomic E-state index is 0.0347. The summed E-state index contributed by atoms with van der Waals surface area (Å²) in [4.78, 5) is 11.4. The van der Waals surface area contributed by atoms with Gasteiger partial charge in [0.15, 0.2) is 0 Å². The lowest BCUT2D eigenvalue weighted by atomic mass is 10.2. The Labute approximate surface area is 104 Å². The highest BCUT2D eigenvalue weighted by molar-refractivity contribution is 7.88. The van der Waals surface area contributed by atoms with E-state index in [9.17, 15) is 13.2 Å². The maximum atomic E-state index is 10.8. The van der Waals surface area contributed by atoms with Crippen molar-refractivity contribution in [2.24, 2.45) is 0 Å². The van der Waals surface area contributed by atoms with Gasteiger partial charge >= 0.3 is 16.1 Å². The van der Waals surface area contributed by atoms with Crippen molar-refractivity contribution in [3.63, 3.8) is 0 Å². The summed E-state index contributed by atoms with van der Waals surface area (Å²) in [5, 5.41) is 0. The van der Waals surface area contributed by atoms with Crippen molar-refractivity contribution in [1.82, 2.24) is 0 Å². The Hall–Kier alpha value is -0.920. The maximum absolute atomic E-state index is 10.8. The van der Waals surface area contributed by atoms with Crippen LogP contribution in [0.2, 0.25) is 0 Å². The SMILES string of the molecule is CC(=O)OCCCCc1ccc(S(=O)(=O)O)s1. The van der Waals surface area contributed by atoms with Crippen LogP contribution in [0.5, 0.6) is 0 Å². The summed E-state index contributed by atoms with van der Waals surface area (Å²) >= 11 is 1.06. The Bertz CT molecular complexity index is 475. The van der Waals surface area contributed by atoms with Gasteiger partial charge in [-0.3, -0.25) is 9.35 Å². The minimum atomic E-state index is -4.08. The van der Waals surface area contributed by atoms with Crippen LogP contribution < -0.4 is 0 Å². The first kappa shape index (κ1) is 14.1. The molecule has 0 aliphatic carbocycles. The van der Waals surface area contributed by atoms with E-state index >= 15 is 0 Å². The van der Waals surface area contributed by atoms with Crippen LogP contribution in [0.1, 0.15) is 24.6 Å². The molecule has 0 atom stereocenters. The van der Waals surface area contributed by atoms with E-state index in [1.807, 2.05) is 0 Å². The van der Waals surface area contributed by atoms with Gasteiger partial charge in [0, 0.05) is 11.8 Å². The molecule has 1 N–H and O–H groups in total. The molecular formula is C10H14O5S2. The monoisotopic (exact) mass is 278 g/mol. The number of carbonyl (C=O) groups excluding carboxylic acids is 1. The summed E-state index contributed by atoms with van der Waals surface area (Å²) in [7, 11) is -4.08. The summed E-state index contributed by atoms with van der Waals surface area (Å²) in [5.74, 6) is -0.296. The Morgan fingerprint density at radius 1 is 1.41 bits per heavy atom. The predicted octanol–water partition coefficient (Wildman–Crippen LogP) is 1.88. The van der Waals surface area contributed by atoms with Gasteiger partial charge in [-0.05, 0) is 31.4 Å². The van der Waals surface area contributed by atoms with Gasteiger partial charge in [0.1, 0.15) is 4.21 Å². The zero-order valence-electron chi connectivity index (χ0n) is 9.38. The Balaban J connectivity index is 2.33. The van der Waals surface area contributed by atoms with Crippen molar-refractivity contribution < 1.29 is 22.5 Å². The minimum Gasteiger partial charge on any atom is -0.466 e. The van der Waals surface area contributed by atoms with E-state index in [0.717, 1.165) is 29.1 Å². The van der Waals surface area contributed by atoms with Crippen LogP contribution in [0, 0.1) is 0 Å². The lowest BCUT2D eigenvalue weighted by molar-refractivity contribution is -0.141. The van der Waals surface area contributed by atoms with Crippen molar-refractivity contribution in [2.75, 3.05) is 6.61 Å². The molecule has 5 nitrogen and oxygen atoms in total. The zero-order chi connectivity index (χ0) is 12.9. The summed E-state index contributed by atoms with van der Waals surface area (Å²) in [5.41, 5.74) is 0. The fraction of sp³-hybridized carbons (Fsp3) is 0.500.